The fourth-order valence-electron chi connectivity index (χ4n) is 6.01. The molecular formula is C26H23F4N5O2S. The average Bonchev–Trinajstić information content (AvgIpc) is 3.38. The second kappa shape index (κ2) is 8.88. The van der Waals surface area contributed by atoms with Crippen LogP contribution in [0.4, 0.5) is 28.9 Å². The smallest absolute Gasteiger partial charge is 0.419 e. The van der Waals surface area contributed by atoms with E-state index in [0.29, 0.717) is 30.7 Å². The molecule has 1 aromatic heterocycles. The molecule has 4 unspecified atom stereocenters. The van der Waals surface area contributed by atoms with E-state index in [2.05, 4.69) is 10.3 Å². The van der Waals surface area contributed by atoms with Crippen molar-refractivity contribution >= 4 is 34.6 Å². The van der Waals surface area contributed by atoms with Crippen LogP contribution in [0.3, 0.4) is 0 Å². The molecule has 1 aromatic carbocycles. The van der Waals surface area contributed by atoms with Crippen LogP contribution >= 0.6 is 12.2 Å². The number of benzene rings is 1. The first kappa shape index (κ1) is 25.0. The summed E-state index contributed by atoms with van der Waals surface area (Å²) in [6.45, 7) is 0. The Labute approximate surface area is 221 Å². The Morgan fingerprint density at radius 2 is 1.92 bits per heavy atom. The quantitative estimate of drug-likeness (QED) is 0.443. The van der Waals surface area contributed by atoms with Crippen molar-refractivity contribution in [1.29, 1.82) is 5.26 Å². The van der Waals surface area contributed by atoms with Gasteiger partial charge in [0.15, 0.2) is 17.0 Å². The zero-order chi connectivity index (χ0) is 26.8. The number of amides is 1. The maximum Gasteiger partial charge on any atom is 0.419 e. The van der Waals surface area contributed by atoms with E-state index in [1.807, 2.05) is 0 Å². The van der Waals surface area contributed by atoms with E-state index in [-0.39, 0.29) is 22.9 Å². The Balaban J connectivity index is 1.28. The van der Waals surface area contributed by atoms with E-state index in [1.54, 1.807) is 29.2 Å². The Morgan fingerprint density at radius 3 is 2.55 bits per heavy atom. The maximum atomic E-state index is 14.8. The number of ether oxygens (including phenoxy) is 1. The van der Waals surface area contributed by atoms with Crippen LogP contribution < -0.4 is 19.9 Å². The number of carbonyl (C=O) groups is 1. The highest BCUT2D eigenvalue weighted by atomic mass is 32.1. The number of nitrogens with zero attached hydrogens (tertiary/aromatic N) is 4. The fraction of sp³-hybridized carbons (Fsp3) is 0.462. The molecular weight excluding hydrogens is 522 g/mol. The van der Waals surface area contributed by atoms with Crippen LogP contribution in [0, 0.1) is 11.3 Å². The van der Waals surface area contributed by atoms with E-state index in [0.717, 1.165) is 36.4 Å². The maximum absolute atomic E-state index is 14.8. The molecule has 1 N–H and O–H groups in total. The summed E-state index contributed by atoms with van der Waals surface area (Å²) < 4.78 is 61.5. The predicted molar refractivity (Wildman–Crippen MR) is 133 cm³/mol. The summed E-state index contributed by atoms with van der Waals surface area (Å²) >= 11 is 5.63. The lowest BCUT2D eigenvalue weighted by molar-refractivity contribution is -0.138. The van der Waals surface area contributed by atoms with E-state index in [1.165, 1.54) is 6.07 Å². The molecule has 38 heavy (non-hydrogen) atoms. The lowest BCUT2D eigenvalue weighted by Crippen LogP contribution is -2.55. The summed E-state index contributed by atoms with van der Waals surface area (Å²) in [7, 11) is 0. The van der Waals surface area contributed by atoms with Crippen molar-refractivity contribution in [2.24, 2.45) is 0 Å². The zero-order valence-electron chi connectivity index (χ0n) is 20.0. The number of hydrogen-bond donors (Lipinski definition) is 1. The number of thiocarbonyl (C=S) groups is 1. The summed E-state index contributed by atoms with van der Waals surface area (Å²) in [5.41, 5.74) is -2.58. The second-order valence-electron chi connectivity index (χ2n) is 10.2. The van der Waals surface area contributed by atoms with Gasteiger partial charge >= 0.3 is 6.18 Å². The number of nitrogens with one attached hydrogen (secondary N) is 1. The van der Waals surface area contributed by atoms with Gasteiger partial charge in [-0.1, -0.05) is 0 Å². The van der Waals surface area contributed by atoms with Gasteiger partial charge in [0.2, 0.25) is 0 Å². The normalized spacial score (nSPS) is 28.0. The van der Waals surface area contributed by atoms with Gasteiger partial charge in [0.1, 0.15) is 23.5 Å². The molecule has 4 aliphatic rings. The van der Waals surface area contributed by atoms with E-state index >= 15 is 0 Å². The monoisotopic (exact) mass is 545 g/mol. The molecule has 4 fully saturated rings. The zero-order valence-corrected chi connectivity index (χ0v) is 20.9. The van der Waals surface area contributed by atoms with Crippen molar-refractivity contribution in [3.63, 3.8) is 0 Å². The number of aromatic nitrogens is 1. The summed E-state index contributed by atoms with van der Waals surface area (Å²) in [6.07, 6.45) is -1.38. The largest absolute Gasteiger partial charge is 0.487 e. The fourth-order valence-corrected chi connectivity index (χ4v) is 6.48. The molecule has 4 heterocycles. The molecule has 3 saturated heterocycles. The van der Waals surface area contributed by atoms with Crippen LogP contribution in [0.5, 0.6) is 5.75 Å². The van der Waals surface area contributed by atoms with Gasteiger partial charge in [-0.2, -0.15) is 18.4 Å². The molecule has 6 rings (SSSR count). The average molecular weight is 546 g/mol. The van der Waals surface area contributed by atoms with Crippen molar-refractivity contribution < 1.29 is 27.1 Å². The van der Waals surface area contributed by atoms with Crippen molar-refractivity contribution in [2.75, 3.05) is 9.80 Å². The molecule has 1 aliphatic carbocycles. The summed E-state index contributed by atoms with van der Waals surface area (Å²) in [6, 6.07) is 9.08. The minimum atomic E-state index is -4.82. The number of hydrogen-bond acceptors (Lipinski definition) is 6. The molecule has 1 spiro atoms. The number of nitriles is 1. The van der Waals surface area contributed by atoms with Gasteiger partial charge in [0.05, 0.1) is 17.4 Å². The minimum Gasteiger partial charge on any atom is -0.487 e. The molecule has 7 nitrogen and oxygen atoms in total. The first-order valence-electron chi connectivity index (χ1n) is 12.5. The van der Waals surface area contributed by atoms with Gasteiger partial charge in [-0.3, -0.25) is 9.69 Å². The molecule has 1 amide bonds. The van der Waals surface area contributed by atoms with Gasteiger partial charge in [0.25, 0.3) is 5.91 Å². The SMILES string of the molecule is N#Cc1ncc(N2C(=O)C3(CCC3)N(c3ccc(OC4CC5CCC(N5)C4F)cc3)C2=S)cc1C(F)(F)F. The van der Waals surface area contributed by atoms with Gasteiger partial charge in [-0.05, 0) is 74.7 Å². The van der Waals surface area contributed by atoms with Gasteiger partial charge in [0, 0.05) is 24.2 Å². The van der Waals surface area contributed by atoms with Crippen molar-refractivity contribution in [3.8, 4) is 11.8 Å². The van der Waals surface area contributed by atoms with Gasteiger partial charge < -0.3 is 15.0 Å². The third-order valence-corrected chi connectivity index (χ3v) is 8.42. The number of pyridine rings is 1. The van der Waals surface area contributed by atoms with E-state index in [4.69, 9.17) is 22.2 Å². The number of alkyl halides is 4. The lowest BCUT2D eigenvalue weighted by Gasteiger charge is -2.43. The topological polar surface area (TPSA) is 81.5 Å². The summed E-state index contributed by atoms with van der Waals surface area (Å²) in [4.78, 5) is 20.0. The summed E-state index contributed by atoms with van der Waals surface area (Å²) in [5, 5.41) is 12.4. The molecule has 2 bridgehead atoms. The third kappa shape index (κ3) is 3.82. The van der Waals surface area contributed by atoms with Crippen molar-refractivity contribution in [3.05, 3.63) is 47.8 Å². The Kier molecular flexibility index (Phi) is 5.84. The highest BCUT2D eigenvalue weighted by Gasteiger charge is 2.59. The Morgan fingerprint density at radius 1 is 1.18 bits per heavy atom. The minimum absolute atomic E-state index is 0.0294. The highest BCUT2D eigenvalue weighted by Crippen LogP contribution is 2.48. The van der Waals surface area contributed by atoms with Crippen LogP contribution in [0.25, 0.3) is 0 Å². The van der Waals surface area contributed by atoms with Crippen molar-refractivity contribution in [2.45, 2.75) is 74.6 Å². The third-order valence-electron chi connectivity index (χ3n) is 8.05. The number of rotatable bonds is 4. The standard InChI is InChI=1S/C26H23F4N5O2S/c27-22-19-7-2-14(33-19)10-21(22)37-17-5-3-15(4-6-17)35-24(38)34(23(36)25(35)8-1-9-25)16-11-18(26(28,29)30)20(12-31)32-13-16/h3-6,11,13-14,19,21-22,33H,1-2,7-10H2. The number of halogens is 4. The predicted octanol–water partition coefficient (Wildman–Crippen LogP) is 4.64. The number of fused-ring (bicyclic) bond motifs is 2. The first-order chi connectivity index (χ1) is 18.1. The molecule has 3 aliphatic heterocycles. The molecule has 12 heteroatoms. The van der Waals surface area contributed by atoms with Crippen LogP contribution in [-0.2, 0) is 11.0 Å². The molecule has 2 aromatic rings. The number of piperidine rings is 1. The van der Waals surface area contributed by atoms with Gasteiger partial charge in [-0.25, -0.2) is 9.37 Å². The Bertz CT molecular complexity index is 1340. The van der Waals surface area contributed by atoms with Crippen molar-refractivity contribution in [1.82, 2.24) is 10.3 Å². The van der Waals surface area contributed by atoms with E-state index in [9.17, 15) is 22.4 Å². The van der Waals surface area contributed by atoms with Crippen LogP contribution in [0.2, 0.25) is 0 Å². The number of carbonyl (C=O) groups excluding carboxylic acids is 1. The first-order valence-corrected chi connectivity index (χ1v) is 12.9. The van der Waals surface area contributed by atoms with Crippen LogP contribution in [-0.4, -0.2) is 45.9 Å². The number of anilines is 2. The second-order valence-corrected chi connectivity index (χ2v) is 10.6. The van der Waals surface area contributed by atoms with Gasteiger partial charge in [-0.15, -0.1) is 0 Å². The molecule has 4 atom stereocenters. The molecule has 0 radical (unpaired) electrons. The summed E-state index contributed by atoms with van der Waals surface area (Å²) in [5.74, 6) is 0.0592. The highest BCUT2D eigenvalue weighted by molar-refractivity contribution is 7.81. The Hall–Kier alpha value is -3.30. The molecule has 1 saturated carbocycles. The van der Waals surface area contributed by atoms with Crippen LogP contribution in [0.1, 0.15) is 49.8 Å². The molecule has 198 valence electrons. The van der Waals surface area contributed by atoms with E-state index < -0.39 is 41.2 Å². The lowest BCUT2D eigenvalue weighted by atomic mass is 9.75. The van der Waals surface area contributed by atoms with Crippen LogP contribution in [0.15, 0.2) is 36.5 Å².